The van der Waals surface area contributed by atoms with E-state index < -0.39 is 69.2 Å². The van der Waals surface area contributed by atoms with Crippen LogP contribution in [0.25, 0.3) is 0 Å². The van der Waals surface area contributed by atoms with E-state index in [9.17, 15) is 14.4 Å². The first kappa shape index (κ1) is 11.8. The minimum Gasteiger partial charge on any atom is -0.489 e. The molecule has 1 atom stereocenters. The summed E-state index contributed by atoms with van der Waals surface area (Å²) in [4.78, 5) is 39.1. The topological polar surface area (TPSA) is 88.2 Å². The number of carbonyl (C=O) groups is 3. The predicted octanol–water partition coefficient (Wildman–Crippen LogP) is 1.86. The maximum atomic E-state index is 13.2. The Bertz CT molecular complexity index is 1540. The molecule has 172 valence electrons. The smallest absolute Gasteiger partial charge is 0.255 e. The van der Waals surface area contributed by atoms with E-state index in [4.69, 9.17) is 21.2 Å². The fourth-order valence-corrected chi connectivity index (χ4v) is 3.67. The number of fused-ring (bicyclic) bond motifs is 1. The van der Waals surface area contributed by atoms with E-state index in [1.54, 1.807) is 23.5 Å². The van der Waals surface area contributed by atoms with Gasteiger partial charge in [-0.2, -0.15) is 0 Å². The van der Waals surface area contributed by atoms with Crippen LogP contribution in [0.4, 0.5) is 0 Å². The SMILES string of the molecule is [2H]C1([2H])OC([2H])([2H])C([2H])([2H])N(Cc2ccc(COc3cccc4c3CN(C3C(=O)NC(=O)C([2H])([2H])C3([2H])[2H])C4=O)cc2)C1([2H])[2H]. The number of amides is 3. The van der Waals surface area contributed by atoms with Crippen molar-refractivity contribution in [1.29, 1.82) is 0 Å². The van der Waals surface area contributed by atoms with Gasteiger partial charge in [-0.1, -0.05) is 30.3 Å². The van der Waals surface area contributed by atoms with Crippen molar-refractivity contribution >= 4 is 17.7 Å². The van der Waals surface area contributed by atoms with Gasteiger partial charge in [-0.25, -0.2) is 0 Å². The van der Waals surface area contributed by atoms with Crippen molar-refractivity contribution in [3.8, 4) is 5.75 Å². The molecule has 0 aromatic heterocycles. The van der Waals surface area contributed by atoms with Crippen LogP contribution in [0.15, 0.2) is 42.5 Å². The van der Waals surface area contributed by atoms with Gasteiger partial charge in [0.25, 0.3) is 5.91 Å². The molecule has 0 saturated carbocycles. The molecule has 2 fully saturated rings. The van der Waals surface area contributed by atoms with Crippen LogP contribution in [0, 0.1) is 0 Å². The summed E-state index contributed by atoms with van der Waals surface area (Å²) in [7, 11) is 0. The van der Waals surface area contributed by atoms with Gasteiger partial charge < -0.3 is 14.4 Å². The number of piperidine rings is 1. The summed E-state index contributed by atoms with van der Waals surface area (Å²) in [6.45, 7) is -13.2. The predicted molar refractivity (Wildman–Crippen MR) is 119 cm³/mol. The summed E-state index contributed by atoms with van der Waals surface area (Å²) in [5.74, 6) is -3.10. The number of rotatable bonds is 6. The average molecular weight is 462 g/mol. The van der Waals surface area contributed by atoms with E-state index in [0.717, 1.165) is 4.90 Å². The lowest BCUT2D eigenvalue weighted by molar-refractivity contribution is -0.136. The first-order chi connectivity index (χ1) is 20.6. The highest BCUT2D eigenvalue weighted by atomic mass is 16.5. The van der Waals surface area contributed by atoms with Gasteiger partial charge in [-0.05, 0) is 29.6 Å². The van der Waals surface area contributed by atoms with Gasteiger partial charge in [0.2, 0.25) is 11.8 Å². The number of hydrogen-bond acceptors (Lipinski definition) is 6. The Morgan fingerprint density at radius 1 is 1.06 bits per heavy atom. The lowest BCUT2D eigenvalue weighted by atomic mass is 10.0. The second-order valence-corrected chi connectivity index (χ2v) is 7.43. The van der Waals surface area contributed by atoms with E-state index in [1.165, 1.54) is 24.3 Å². The molecule has 2 aromatic carbocycles. The molecule has 0 aliphatic carbocycles. The van der Waals surface area contributed by atoms with Crippen LogP contribution < -0.4 is 10.1 Å². The molecule has 8 heteroatoms. The van der Waals surface area contributed by atoms with Gasteiger partial charge in [0, 0.05) is 48.0 Å². The summed E-state index contributed by atoms with van der Waals surface area (Å²) in [6, 6.07) is 8.74. The Morgan fingerprint density at radius 3 is 2.61 bits per heavy atom. The second kappa shape index (κ2) is 9.33. The molecule has 0 radical (unpaired) electrons. The zero-order valence-corrected chi connectivity index (χ0v) is 17.2. The molecule has 1 N–H and O–H groups in total. The van der Waals surface area contributed by atoms with Crippen molar-refractivity contribution in [2.45, 2.75) is 38.5 Å². The normalized spacial score (nSPS) is 35.7. The van der Waals surface area contributed by atoms with E-state index >= 15 is 0 Å². The standard InChI is InChI=1S/C25H27N3O5/c29-23-9-8-21(24(30)26-23)28-15-20-19(25(28)31)2-1-3-22(20)33-16-18-6-4-17(5-7-18)14-27-10-12-32-13-11-27/h1-7,21H,8-16H2,(H,26,29,30)/i8D2,9D2,10D2,11D2,12D2,13D2. The van der Waals surface area contributed by atoms with Crippen molar-refractivity contribution < 1.29 is 40.3 Å². The van der Waals surface area contributed by atoms with Gasteiger partial charge in [0.1, 0.15) is 18.4 Å². The highest BCUT2D eigenvalue weighted by Crippen LogP contribution is 2.34. The maximum absolute atomic E-state index is 13.2. The zero-order chi connectivity index (χ0) is 33.5. The number of morpholine rings is 1. The molecule has 0 spiro atoms. The molecule has 33 heavy (non-hydrogen) atoms. The molecule has 5 rings (SSSR count). The van der Waals surface area contributed by atoms with Gasteiger partial charge in [0.05, 0.1) is 25.1 Å². The summed E-state index contributed by atoms with van der Waals surface area (Å²) < 4.78 is 107. The molecule has 1 unspecified atom stereocenters. The van der Waals surface area contributed by atoms with Crippen molar-refractivity contribution in [1.82, 2.24) is 15.1 Å². The van der Waals surface area contributed by atoms with E-state index in [0.29, 0.717) is 21.6 Å². The van der Waals surface area contributed by atoms with Crippen LogP contribution >= 0.6 is 0 Å². The third kappa shape index (κ3) is 4.62. The zero-order valence-electron chi connectivity index (χ0n) is 29.2. The Kier molecular flexibility index (Phi) is 3.32. The van der Waals surface area contributed by atoms with Gasteiger partial charge >= 0.3 is 0 Å². The Morgan fingerprint density at radius 2 is 1.82 bits per heavy atom. The summed E-state index contributed by atoms with van der Waals surface area (Å²) in [5, 5.41) is 1.80. The van der Waals surface area contributed by atoms with Crippen LogP contribution in [-0.2, 0) is 34.0 Å². The molecular formula is C25H27N3O5. The first-order valence-corrected chi connectivity index (χ1v) is 10.0. The summed E-state index contributed by atoms with van der Waals surface area (Å²) in [5.41, 5.74) is 1.34. The first-order valence-electron chi connectivity index (χ1n) is 16.0. The lowest BCUT2D eigenvalue weighted by Crippen LogP contribution is -2.52. The molecular weight excluding hydrogens is 422 g/mol. The molecule has 3 amide bonds. The molecule has 2 aromatic rings. The Hall–Kier alpha value is -3.23. The van der Waals surface area contributed by atoms with E-state index in [2.05, 4.69) is 4.74 Å². The number of hydrogen-bond donors (Lipinski definition) is 1. The number of nitrogens with one attached hydrogen (secondary N) is 1. The van der Waals surface area contributed by atoms with Crippen molar-refractivity contribution in [3.05, 3.63) is 64.7 Å². The van der Waals surface area contributed by atoms with Crippen LogP contribution in [0.5, 0.6) is 5.75 Å². The monoisotopic (exact) mass is 461 g/mol. The van der Waals surface area contributed by atoms with Crippen molar-refractivity contribution in [2.24, 2.45) is 0 Å². The maximum Gasteiger partial charge on any atom is 0.255 e. The molecule has 3 aliphatic rings. The highest BCUT2D eigenvalue weighted by molar-refractivity contribution is 6.05. The van der Waals surface area contributed by atoms with Crippen LogP contribution in [0.1, 0.15) is 56.2 Å². The van der Waals surface area contributed by atoms with Crippen molar-refractivity contribution in [3.63, 3.8) is 0 Å². The third-order valence-electron chi connectivity index (χ3n) is 5.29. The Labute approximate surface area is 209 Å². The van der Waals surface area contributed by atoms with Crippen LogP contribution in [0.2, 0.25) is 0 Å². The van der Waals surface area contributed by atoms with Gasteiger partial charge in [0.15, 0.2) is 0 Å². The lowest BCUT2D eigenvalue weighted by Gasteiger charge is -2.29. The molecule has 3 heterocycles. The fourth-order valence-electron chi connectivity index (χ4n) is 3.67. The van der Waals surface area contributed by atoms with Gasteiger partial charge in [-0.15, -0.1) is 0 Å². The number of imide groups is 1. The molecule has 2 saturated heterocycles. The summed E-state index contributed by atoms with van der Waals surface area (Å²) in [6.07, 6.45) is -6.12. The minimum atomic E-state index is -3.16. The number of nitrogens with zero attached hydrogens (tertiary/aromatic N) is 2. The van der Waals surface area contributed by atoms with Crippen molar-refractivity contribution in [2.75, 3.05) is 26.1 Å². The molecule has 8 nitrogen and oxygen atoms in total. The van der Waals surface area contributed by atoms with E-state index in [-0.39, 0.29) is 24.5 Å². The second-order valence-electron chi connectivity index (χ2n) is 7.43. The van der Waals surface area contributed by atoms with Crippen LogP contribution in [-0.4, -0.2) is 59.7 Å². The van der Waals surface area contributed by atoms with Crippen LogP contribution in [0.3, 0.4) is 0 Å². The number of ether oxygens (including phenoxy) is 2. The minimum absolute atomic E-state index is 0.0585. The van der Waals surface area contributed by atoms with E-state index in [1.807, 2.05) is 0 Å². The van der Waals surface area contributed by atoms with Gasteiger partial charge in [-0.3, -0.25) is 24.6 Å². The molecule has 3 aliphatic heterocycles. The number of benzene rings is 2. The highest BCUT2D eigenvalue weighted by Gasteiger charge is 2.40. The average Bonchev–Trinajstić information content (AvgIpc) is 3.25. The quantitative estimate of drug-likeness (QED) is 0.661. The molecule has 0 bridgehead atoms. The fraction of sp³-hybridized carbons (Fsp3) is 0.400. The Balaban J connectivity index is 1.31. The number of carbonyl (C=O) groups excluding carboxylic acids is 3. The third-order valence-corrected chi connectivity index (χ3v) is 5.29. The largest absolute Gasteiger partial charge is 0.489 e. The summed E-state index contributed by atoms with van der Waals surface area (Å²) >= 11 is 0.